The summed E-state index contributed by atoms with van der Waals surface area (Å²) < 4.78 is 0. The molecule has 0 radical (unpaired) electrons. The minimum atomic E-state index is 1.11. The lowest BCUT2D eigenvalue weighted by Gasteiger charge is -2.20. The highest BCUT2D eigenvalue weighted by molar-refractivity contribution is 4.76. The van der Waals surface area contributed by atoms with Gasteiger partial charge in [0.1, 0.15) is 0 Å². The molecule has 0 unspecified atom stereocenters. The topological polar surface area (TPSA) is 16.6 Å². The van der Waals surface area contributed by atoms with Gasteiger partial charge in [0.2, 0.25) is 0 Å². The van der Waals surface area contributed by atoms with Gasteiger partial charge in [-0.15, -0.1) is 0 Å². The summed E-state index contributed by atoms with van der Waals surface area (Å²) in [5.74, 6) is 2.22. The van der Waals surface area contributed by atoms with E-state index >= 15 is 0 Å². The van der Waals surface area contributed by atoms with Crippen LogP contribution in [0.15, 0.2) is 0 Å². The van der Waals surface area contributed by atoms with Crippen molar-refractivity contribution in [1.82, 2.24) is 0 Å². The largest absolute Gasteiger partial charge is 0.346 e. The van der Waals surface area contributed by atoms with Crippen LogP contribution in [-0.2, 0) is 0 Å². The molecule has 2 fully saturated rings. The third-order valence-electron chi connectivity index (χ3n) is 3.01. The average Bonchev–Trinajstić information content (AvgIpc) is 2.33. The lowest BCUT2D eigenvalue weighted by Crippen LogP contribution is -2.81. The third-order valence-corrected chi connectivity index (χ3v) is 3.01. The Morgan fingerprint density at radius 1 is 0.889 bits per heavy atom. The van der Waals surface area contributed by atoms with Gasteiger partial charge in [0.05, 0.1) is 13.1 Å². The molecule has 1 aliphatic heterocycles. The Balaban J connectivity index is 1.97. The summed E-state index contributed by atoms with van der Waals surface area (Å²) in [6.45, 7) is 2.87. The fraction of sp³-hybridized carbons (Fsp3) is 1.00. The Kier molecular flexibility index (Phi) is 1.46. The van der Waals surface area contributed by atoms with E-state index in [2.05, 4.69) is 5.32 Å². The van der Waals surface area contributed by atoms with Crippen LogP contribution < -0.4 is 5.32 Å². The molecule has 0 aromatic carbocycles. The summed E-state index contributed by atoms with van der Waals surface area (Å²) in [6.07, 6.45) is 6.08. The Morgan fingerprint density at radius 2 is 1.44 bits per heavy atom. The first-order valence-electron chi connectivity index (χ1n) is 4.28. The second kappa shape index (κ2) is 2.30. The predicted octanol–water partition coefficient (Wildman–Crippen LogP) is 0.370. The van der Waals surface area contributed by atoms with Crippen LogP contribution in [0.2, 0.25) is 0 Å². The van der Waals surface area contributed by atoms with Gasteiger partial charge in [-0.1, -0.05) is 12.8 Å². The second-order valence-corrected chi connectivity index (χ2v) is 3.56. The van der Waals surface area contributed by atoms with Crippen molar-refractivity contribution in [2.75, 3.05) is 13.1 Å². The number of hydrogen-bond acceptors (Lipinski definition) is 0. The predicted molar refractivity (Wildman–Crippen MR) is 37.1 cm³/mol. The molecule has 2 rings (SSSR count). The van der Waals surface area contributed by atoms with Crippen molar-refractivity contribution in [3.8, 4) is 0 Å². The highest BCUT2D eigenvalue weighted by atomic mass is 14.9. The molecule has 2 aliphatic rings. The van der Waals surface area contributed by atoms with Gasteiger partial charge in [0.15, 0.2) is 0 Å². The lowest BCUT2D eigenvalue weighted by molar-refractivity contribution is -0.640. The summed E-state index contributed by atoms with van der Waals surface area (Å²) in [7, 11) is 0. The van der Waals surface area contributed by atoms with E-state index in [9.17, 15) is 0 Å². The molecule has 1 aliphatic carbocycles. The maximum Gasteiger partial charge on any atom is 0.0788 e. The molecule has 1 heterocycles. The Labute approximate surface area is 56.8 Å². The number of rotatable bonds is 0. The summed E-state index contributed by atoms with van der Waals surface area (Å²) >= 11 is 0. The summed E-state index contributed by atoms with van der Waals surface area (Å²) in [5, 5.41) is 2.50. The summed E-state index contributed by atoms with van der Waals surface area (Å²) in [6, 6.07) is 0. The number of quaternary nitrogens is 1. The molecular formula is C8H16N+. The van der Waals surface area contributed by atoms with Crippen LogP contribution in [-0.4, -0.2) is 13.1 Å². The molecule has 0 aromatic rings. The van der Waals surface area contributed by atoms with Gasteiger partial charge in [0.25, 0.3) is 0 Å². The van der Waals surface area contributed by atoms with E-state index < -0.39 is 0 Å². The van der Waals surface area contributed by atoms with Crippen molar-refractivity contribution < 1.29 is 5.32 Å². The van der Waals surface area contributed by atoms with Gasteiger partial charge in [-0.2, -0.15) is 0 Å². The van der Waals surface area contributed by atoms with Gasteiger partial charge in [-0.3, -0.25) is 0 Å². The lowest BCUT2D eigenvalue weighted by atomic mass is 9.82. The first-order chi connectivity index (χ1) is 4.47. The Hall–Kier alpha value is -0.0400. The van der Waals surface area contributed by atoms with E-state index in [1.807, 2.05) is 0 Å². The van der Waals surface area contributed by atoms with Crippen LogP contribution in [0, 0.1) is 11.8 Å². The molecule has 9 heavy (non-hydrogen) atoms. The van der Waals surface area contributed by atoms with Crippen LogP contribution in [0.25, 0.3) is 0 Å². The zero-order chi connectivity index (χ0) is 6.10. The summed E-state index contributed by atoms with van der Waals surface area (Å²) in [4.78, 5) is 0. The van der Waals surface area contributed by atoms with Gasteiger partial charge >= 0.3 is 0 Å². The number of hydrogen-bond donors (Lipinski definition) is 1. The van der Waals surface area contributed by atoms with E-state index in [-0.39, 0.29) is 0 Å². The van der Waals surface area contributed by atoms with E-state index in [4.69, 9.17) is 0 Å². The van der Waals surface area contributed by atoms with Gasteiger partial charge in [0, 0.05) is 11.8 Å². The molecule has 2 atom stereocenters. The maximum atomic E-state index is 2.50. The van der Waals surface area contributed by atoms with Crippen LogP contribution in [0.5, 0.6) is 0 Å². The van der Waals surface area contributed by atoms with E-state index in [0.717, 1.165) is 11.8 Å². The van der Waals surface area contributed by atoms with Gasteiger partial charge < -0.3 is 5.32 Å². The minimum absolute atomic E-state index is 1.11. The van der Waals surface area contributed by atoms with Crippen molar-refractivity contribution in [3.63, 3.8) is 0 Å². The van der Waals surface area contributed by atoms with Crippen molar-refractivity contribution in [3.05, 3.63) is 0 Å². The van der Waals surface area contributed by atoms with Crippen LogP contribution in [0.4, 0.5) is 0 Å². The molecule has 1 saturated heterocycles. The van der Waals surface area contributed by atoms with Crippen molar-refractivity contribution in [2.24, 2.45) is 11.8 Å². The average molecular weight is 126 g/mol. The molecule has 52 valence electrons. The highest BCUT2D eigenvalue weighted by Gasteiger charge is 2.31. The molecule has 0 spiro atoms. The minimum Gasteiger partial charge on any atom is -0.346 e. The van der Waals surface area contributed by atoms with Gasteiger partial charge in [-0.05, 0) is 12.8 Å². The van der Waals surface area contributed by atoms with Crippen molar-refractivity contribution >= 4 is 0 Å². The first kappa shape index (κ1) is 5.72. The Bertz CT molecular complexity index is 88.7. The first-order valence-corrected chi connectivity index (χ1v) is 4.28. The highest BCUT2D eigenvalue weighted by Crippen LogP contribution is 2.29. The number of fused-ring (bicyclic) bond motifs is 1. The SMILES string of the molecule is C1CC[C@@H]2C[NH2+]C[C@H]2C1. The summed E-state index contributed by atoms with van der Waals surface area (Å²) in [5.41, 5.74) is 0. The fourth-order valence-corrected chi connectivity index (χ4v) is 2.43. The number of nitrogens with two attached hydrogens (primary N) is 1. The van der Waals surface area contributed by atoms with Crippen LogP contribution in [0.1, 0.15) is 25.7 Å². The molecule has 0 bridgehead atoms. The quantitative estimate of drug-likeness (QED) is 0.483. The molecule has 0 amide bonds. The smallest absolute Gasteiger partial charge is 0.0788 e. The van der Waals surface area contributed by atoms with Crippen molar-refractivity contribution in [1.29, 1.82) is 0 Å². The molecule has 2 N–H and O–H groups in total. The second-order valence-electron chi connectivity index (χ2n) is 3.56. The van der Waals surface area contributed by atoms with Crippen molar-refractivity contribution in [2.45, 2.75) is 25.7 Å². The van der Waals surface area contributed by atoms with Gasteiger partial charge in [-0.25, -0.2) is 0 Å². The zero-order valence-corrected chi connectivity index (χ0v) is 5.97. The monoisotopic (exact) mass is 126 g/mol. The Morgan fingerprint density at radius 3 is 2.00 bits per heavy atom. The molecule has 1 heteroatoms. The zero-order valence-electron chi connectivity index (χ0n) is 5.97. The maximum absolute atomic E-state index is 2.50. The molecule has 1 saturated carbocycles. The standard InChI is InChI=1S/C8H15N/c1-2-4-8-6-9-5-7(8)3-1/h7-9H,1-6H2/p+1/t7-,8-/m1/s1. The molecular weight excluding hydrogens is 110 g/mol. The van der Waals surface area contributed by atoms with E-state index in [1.54, 1.807) is 0 Å². The normalized spacial score (nSPS) is 42.7. The van der Waals surface area contributed by atoms with Crippen LogP contribution in [0.3, 0.4) is 0 Å². The molecule has 0 aromatic heterocycles. The fourth-order valence-electron chi connectivity index (χ4n) is 2.43. The third kappa shape index (κ3) is 0.983. The molecule has 1 nitrogen and oxygen atoms in total. The van der Waals surface area contributed by atoms with Crippen LogP contribution >= 0.6 is 0 Å². The van der Waals surface area contributed by atoms with E-state index in [1.165, 1.54) is 38.8 Å². The van der Waals surface area contributed by atoms with E-state index in [0.29, 0.717) is 0 Å².